The molecule has 2 rings (SSSR count). The van der Waals surface area contributed by atoms with Gasteiger partial charge < -0.3 is 4.74 Å². The monoisotopic (exact) mass is 360 g/mol. The highest BCUT2D eigenvalue weighted by molar-refractivity contribution is 5.30. The van der Waals surface area contributed by atoms with Gasteiger partial charge in [-0.3, -0.25) is 0 Å². The zero-order valence-corrected chi connectivity index (χ0v) is 16.0. The minimum absolute atomic E-state index is 0.490. The highest BCUT2D eigenvalue weighted by atomic mass is 16.5. The maximum absolute atomic E-state index is 8.89. The molecule has 0 bridgehead atoms. The van der Waals surface area contributed by atoms with Gasteiger partial charge in [-0.05, 0) is 60.8 Å². The maximum atomic E-state index is 8.89. The summed E-state index contributed by atoms with van der Waals surface area (Å²) in [7, 11) is 0. The largest absolute Gasteiger partial charge is 0.381 e. The molecule has 0 saturated carbocycles. The van der Waals surface area contributed by atoms with Gasteiger partial charge in [0, 0.05) is 13.2 Å². The molecule has 0 saturated heterocycles. The van der Waals surface area contributed by atoms with Crippen LogP contribution in [0.4, 0.5) is 0 Å². The number of benzene rings is 2. The van der Waals surface area contributed by atoms with Crippen LogP contribution < -0.4 is 0 Å². The summed E-state index contributed by atoms with van der Waals surface area (Å²) in [4.78, 5) is 0. The molecule has 0 atom stereocenters. The van der Waals surface area contributed by atoms with Gasteiger partial charge in [-0.1, -0.05) is 48.5 Å². The van der Waals surface area contributed by atoms with Crippen LogP contribution >= 0.6 is 0 Å². The molecule has 0 heterocycles. The fourth-order valence-electron chi connectivity index (χ4n) is 3.26. The Morgan fingerprint density at radius 2 is 1.00 bits per heavy atom. The fourth-order valence-corrected chi connectivity index (χ4v) is 3.26. The van der Waals surface area contributed by atoms with Crippen molar-refractivity contribution >= 4 is 0 Å². The van der Waals surface area contributed by atoms with Crippen LogP contribution in [0.3, 0.4) is 0 Å². The van der Waals surface area contributed by atoms with Crippen LogP contribution in [0, 0.1) is 22.7 Å². The van der Waals surface area contributed by atoms with E-state index in [4.69, 9.17) is 15.3 Å². The zero-order chi connectivity index (χ0) is 19.2. The molecule has 3 heteroatoms. The molecule has 27 heavy (non-hydrogen) atoms. The van der Waals surface area contributed by atoms with Crippen molar-refractivity contribution in [2.75, 3.05) is 13.2 Å². The molecule has 2 aromatic carbocycles. The van der Waals surface area contributed by atoms with E-state index < -0.39 is 0 Å². The summed E-state index contributed by atoms with van der Waals surface area (Å²) >= 11 is 0. The lowest BCUT2D eigenvalue weighted by atomic mass is 10.00. The predicted molar refractivity (Wildman–Crippen MR) is 108 cm³/mol. The average Bonchev–Trinajstić information content (AvgIpc) is 2.69. The number of nitrogens with zero attached hydrogens (tertiary/aromatic N) is 2. The molecule has 2 aromatic rings. The van der Waals surface area contributed by atoms with Crippen LogP contribution in [0.2, 0.25) is 0 Å². The normalized spacial score (nSPS) is 10.3. The van der Waals surface area contributed by atoms with E-state index in [0.29, 0.717) is 12.8 Å². The van der Waals surface area contributed by atoms with Crippen molar-refractivity contribution in [2.45, 2.75) is 51.4 Å². The smallest absolute Gasteiger partial charge is 0.0669 e. The molecule has 140 valence electrons. The molecule has 0 spiro atoms. The van der Waals surface area contributed by atoms with E-state index in [2.05, 4.69) is 24.3 Å². The van der Waals surface area contributed by atoms with Gasteiger partial charge in [-0.2, -0.15) is 10.5 Å². The van der Waals surface area contributed by atoms with E-state index in [0.717, 1.165) is 62.9 Å². The van der Waals surface area contributed by atoms with Gasteiger partial charge in [0.2, 0.25) is 0 Å². The number of hydrogen-bond donors (Lipinski definition) is 0. The Morgan fingerprint density at radius 3 is 1.41 bits per heavy atom. The molecule has 0 aliphatic rings. The van der Waals surface area contributed by atoms with E-state index in [1.54, 1.807) is 0 Å². The summed E-state index contributed by atoms with van der Waals surface area (Å²) in [5.74, 6) is 0. The van der Waals surface area contributed by atoms with Crippen molar-refractivity contribution in [3.05, 3.63) is 70.8 Å². The second kappa shape index (κ2) is 12.7. The molecule has 0 aromatic heterocycles. The van der Waals surface area contributed by atoms with E-state index >= 15 is 0 Å². The van der Waals surface area contributed by atoms with Gasteiger partial charge in [0.05, 0.1) is 25.0 Å². The van der Waals surface area contributed by atoms with Gasteiger partial charge in [-0.15, -0.1) is 0 Å². The minimum Gasteiger partial charge on any atom is -0.381 e. The molecule has 0 aliphatic heterocycles. The van der Waals surface area contributed by atoms with Gasteiger partial charge >= 0.3 is 0 Å². The summed E-state index contributed by atoms with van der Waals surface area (Å²) in [6.45, 7) is 1.59. The van der Waals surface area contributed by atoms with Crippen molar-refractivity contribution in [3.63, 3.8) is 0 Å². The standard InChI is InChI=1S/C24H28N2O/c25-17-15-23-11-3-1-9-21(23)13-5-7-19-27-20-8-6-14-22-10-2-4-12-24(22)16-18-26/h1-4,9-12H,5-8,13-16,19-20H2. The van der Waals surface area contributed by atoms with Crippen molar-refractivity contribution in [2.24, 2.45) is 0 Å². The van der Waals surface area contributed by atoms with E-state index in [1.165, 1.54) is 11.1 Å². The lowest BCUT2D eigenvalue weighted by Crippen LogP contribution is -2.00. The third kappa shape index (κ3) is 7.65. The summed E-state index contributed by atoms with van der Waals surface area (Å²) in [6, 6.07) is 20.9. The van der Waals surface area contributed by atoms with E-state index in [1.807, 2.05) is 36.4 Å². The van der Waals surface area contributed by atoms with Crippen molar-refractivity contribution in [1.29, 1.82) is 10.5 Å². The third-order valence-electron chi connectivity index (χ3n) is 4.75. The van der Waals surface area contributed by atoms with Gasteiger partial charge in [0.15, 0.2) is 0 Å². The number of ether oxygens (including phenoxy) is 1. The zero-order valence-electron chi connectivity index (χ0n) is 16.0. The maximum Gasteiger partial charge on any atom is 0.0669 e. The van der Waals surface area contributed by atoms with Gasteiger partial charge in [-0.25, -0.2) is 0 Å². The third-order valence-corrected chi connectivity index (χ3v) is 4.75. The lowest BCUT2D eigenvalue weighted by Gasteiger charge is -2.08. The fraction of sp³-hybridized carbons (Fsp3) is 0.417. The first-order chi connectivity index (χ1) is 13.3. The molecule has 0 N–H and O–H groups in total. The van der Waals surface area contributed by atoms with Gasteiger partial charge in [0.1, 0.15) is 0 Å². The van der Waals surface area contributed by atoms with Crippen LogP contribution in [0.15, 0.2) is 48.5 Å². The number of rotatable bonds is 12. The Hall–Kier alpha value is -2.62. The minimum atomic E-state index is 0.490. The molecular weight excluding hydrogens is 332 g/mol. The summed E-state index contributed by atoms with van der Waals surface area (Å²) in [5.41, 5.74) is 4.88. The first kappa shape index (κ1) is 20.7. The summed E-state index contributed by atoms with van der Waals surface area (Å²) in [5, 5.41) is 17.8. The quantitative estimate of drug-likeness (QED) is 0.490. The Bertz CT molecular complexity index is 705. The van der Waals surface area contributed by atoms with Crippen LogP contribution in [0.5, 0.6) is 0 Å². The van der Waals surface area contributed by atoms with Crippen LogP contribution in [0.25, 0.3) is 0 Å². The Morgan fingerprint density at radius 1 is 0.593 bits per heavy atom. The van der Waals surface area contributed by atoms with Crippen molar-refractivity contribution in [3.8, 4) is 12.1 Å². The average molecular weight is 361 g/mol. The molecule has 0 aliphatic carbocycles. The molecule has 0 amide bonds. The highest BCUT2D eigenvalue weighted by Crippen LogP contribution is 2.14. The number of hydrogen-bond acceptors (Lipinski definition) is 3. The Balaban J connectivity index is 1.55. The second-order valence-corrected chi connectivity index (χ2v) is 6.73. The molecule has 3 nitrogen and oxygen atoms in total. The first-order valence-electron chi connectivity index (χ1n) is 9.80. The van der Waals surface area contributed by atoms with E-state index in [9.17, 15) is 0 Å². The number of aryl methyl sites for hydroxylation is 2. The highest BCUT2D eigenvalue weighted by Gasteiger charge is 2.02. The lowest BCUT2D eigenvalue weighted by molar-refractivity contribution is 0.127. The predicted octanol–water partition coefficient (Wildman–Crippen LogP) is 5.18. The first-order valence-corrected chi connectivity index (χ1v) is 9.80. The Kier molecular flexibility index (Phi) is 9.72. The van der Waals surface area contributed by atoms with Crippen LogP contribution in [-0.2, 0) is 30.4 Å². The van der Waals surface area contributed by atoms with Crippen molar-refractivity contribution < 1.29 is 4.74 Å². The SMILES string of the molecule is N#CCc1ccccc1CCCCOCCCCc1ccccc1CC#N. The van der Waals surface area contributed by atoms with Crippen LogP contribution in [-0.4, -0.2) is 13.2 Å². The summed E-state index contributed by atoms with van der Waals surface area (Å²) < 4.78 is 5.76. The van der Waals surface area contributed by atoms with Crippen molar-refractivity contribution in [1.82, 2.24) is 0 Å². The second-order valence-electron chi connectivity index (χ2n) is 6.73. The topological polar surface area (TPSA) is 56.8 Å². The molecular formula is C24H28N2O. The van der Waals surface area contributed by atoms with Gasteiger partial charge in [0.25, 0.3) is 0 Å². The molecule has 0 unspecified atom stereocenters. The molecule has 0 fully saturated rings. The number of nitriles is 2. The molecule has 0 radical (unpaired) electrons. The summed E-state index contributed by atoms with van der Waals surface area (Å²) in [6.07, 6.45) is 7.27. The van der Waals surface area contributed by atoms with Crippen LogP contribution in [0.1, 0.15) is 47.9 Å². The van der Waals surface area contributed by atoms with E-state index in [-0.39, 0.29) is 0 Å². The Labute approximate surface area is 163 Å². The number of unbranched alkanes of at least 4 members (excludes halogenated alkanes) is 2.